The van der Waals surface area contributed by atoms with Gasteiger partial charge in [0.2, 0.25) is 0 Å². The van der Waals surface area contributed by atoms with Gasteiger partial charge in [-0.25, -0.2) is 0 Å². The van der Waals surface area contributed by atoms with Crippen molar-refractivity contribution < 1.29 is 18.1 Å². The van der Waals surface area contributed by atoms with Crippen LogP contribution < -0.4 is 0 Å². The Labute approximate surface area is 83.4 Å². The van der Waals surface area contributed by atoms with E-state index in [9.17, 15) is 9.90 Å². The smallest absolute Gasteiger partial charge is 0.120 e. The van der Waals surface area contributed by atoms with Gasteiger partial charge in [-0.3, -0.25) is 0 Å². The van der Waals surface area contributed by atoms with Gasteiger partial charge in [-0.2, -0.15) is 0 Å². The van der Waals surface area contributed by atoms with E-state index < -0.39 is 25.7 Å². The molecule has 0 spiro atoms. The zero-order valence-electron chi connectivity index (χ0n) is 13.3. The normalized spacial score (nSPS) is 29.6. The van der Waals surface area contributed by atoms with E-state index in [1.54, 1.807) is 6.92 Å². The molecular weight excluding hydrogens is 152 g/mol. The topological polar surface area (TPSA) is 37.3 Å². The highest BCUT2D eigenvalue weighted by molar-refractivity contribution is 5.49. The number of hydrogen-bond donors (Lipinski definition) is 1. The van der Waals surface area contributed by atoms with Crippen LogP contribution in [0.2, 0.25) is 0 Å². The molecule has 0 heterocycles. The van der Waals surface area contributed by atoms with Crippen molar-refractivity contribution in [1.29, 1.82) is 0 Å². The summed E-state index contributed by atoms with van der Waals surface area (Å²) in [5.41, 5.74) is -2.36. The minimum absolute atomic E-state index is 0.211. The highest BCUT2D eigenvalue weighted by Crippen LogP contribution is 2.16. The standard InChI is InChI=1S/C10H20O2/c1-9(6-8-11)5-4-7-10(2,3)12/h8-9,12H,4-7H2,1-3H3/i2D2,3D3,6D. The van der Waals surface area contributed by atoms with Crippen molar-refractivity contribution in [2.24, 2.45) is 5.92 Å². The Morgan fingerprint density at radius 2 is 2.58 bits per heavy atom. The van der Waals surface area contributed by atoms with Crippen molar-refractivity contribution in [2.45, 2.75) is 51.9 Å². The maximum Gasteiger partial charge on any atom is 0.120 e. The van der Waals surface area contributed by atoms with Crippen LogP contribution in [0.3, 0.4) is 0 Å². The minimum Gasteiger partial charge on any atom is -0.390 e. The predicted octanol–water partition coefficient (Wildman–Crippen LogP) is 2.15. The summed E-state index contributed by atoms with van der Waals surface area (Å²) >= 11 is 0. The lowest BCUT2D eigenvalue weighted by atomic mass is 9.96. The van der Waals surface area contributed by atoms with Gasteiger partial charge in [-0.05, 0) is 26.1 Å². The summed E-state index contributed by atoms with van der Waals surface area (Å²) in [6.07, 6.45) is 0.0924. The first-order valence-corrected chi connectivity index (χ1v) is 4.00. The molecule has 12 heavy (non-hydrogen) atoms. The van der Waals surface area contributed by atoms with Crippen molar-refractivity contribution >= 4 is 6.29 Å². The maximum absolute atomic E-state index is 10.4. The third kappa shape index (κ3) is 7.73. The Morgan fingerprint density at radius 1 is 1.83 bits per heavy atom. The van der Waals surface area contributed by atoms with Crippen LogP contribution in [0.15, 0.2) is 0 Å². The van der Waals surface area contributed by atoms with E-state index >= 15 is 0 Å². The highest BCUT2D eigenvalue weighted by Gasteiger charge is 2.12. The second-order valence-electron chi connectivity index (χ2n) is 3.12. The van der Waals surface area contributed by atoms with Crippen LogP contribution in [0.5, 0.6) is 0 Å². The lowest BCUT2D eigenvalue weighted by Crippen LogP contribution is -2.18. The van der Waals surface area contributed by atoms with Gasteiger partial charge >= 0.3 is 0 Å². The van der Waals surface area contributed by atoms with Crippen molar-refractivity contribution in [3.05, 3.63) is 0 Å². The zero-order chi connectivity index (χ0) is 14.6. The molecule has 2 heteroatoms. The molecule has 3 unspecified atom stereocenters. The van der Waals surface area contributed by atoms with Gasteiger partial charge in [-0.1, -0.05) is 19.8 Å². The molecule has 0 bridgehead atoms. The third-order valence-corrected chi connectivity index (χ3v) is 1.62. The van der Waals surface area contributed by atoms with Gasteiger partial charge in [-0.15, -0.1) is 0 Å². The number of carbonyl (C=O) groups is 1. The first kappa shape index (κ1) is 4.75. The van der Waals surface area contributed by atoms with Gasteiger partial charge < -0.3 is 9.90 Å². The van der Waals surface area contributed by atoms with Gasteiger partial charge in [0, 0.05) is 14.6 Å². The molecule has 2 nitrogen and oxygen atoms in total. The molecule has 0 aromatic rings. The van der Waals surface area contributed by atoms with Crippen LogP contribution in [-0.2, 0) is 4.79 Å². The number of rotatable bonds is 6. The molecule has 0 saturated carbocycles. The molecule has 0 fully saturated rings. The van der Waals surface area contributed by atoms with Crippen LogP contribution in [0.4, 0.5) is 0 Å². The summed E-state index contributed by atoms with van der Waals surface area (Å²) in [7, 11) is 0. The molecule has 0 radical (unpaired) electrons. The van der Waals surface area contributed by atoms with Gasteiger partial charge in [0.25, 0.3) is 0 Å². The summed E-state index contributed by atoms with van der Waals surface area (Å²) in [5, 5.41) is 9.88. The van der Waals surface area contributed by atoms with Gasteiger partial charge in [0.05, 0.1) is 5.60 Å². The van der Waals surface area contributed by atoms with Gasteiger partial charge in [0.1, 0.15) is 6.29 Å². The molecule has 0 aliphatic carbocycles. The lowest BCUT2D eigenvalue weighted by Gasteiger charge is -2.17. The molecule has 0 aliphatic heterocycles. The summed E-state index contributed by atoms with van der Waals surface area (Å²) < 4.78 is 43.2. The number of aliphatic hydroxyl groups is 1. The minimum atomic E-state index is -2.78. The number of hydrogen-bond acceptors (Lipinski definition) is 2. The fourth-order valence-corrected chi connectivity index (χ4v) is 0.924. The van der Waals surface area contributed by atoms with Crippen molar-refractivity contribution in [1.82, 2.24) is 0 Å². The van der Waals surface area contributed by atoms with E-state index in [4.69, 9.17) is 8.22 Å². The lowest BCUT2D eigenvalue weighted by molar-refractivity contribution is -0.108. The third-order valence-electron chi connectivity index (χ3n) is 1.62. The van der Waals surface area contributed by atoms with Crippen LogP contribution in [0.25, 0.3) is 0 Å². The average molecular weight is 178 g/mol. The molecule has 0 saturated heterocycles. The molecule has 0 aromatic carbocycles. The summed E-state index contributed by atoms with van der Waals surface area (Å²) in [4.78, 5) is 10.4. The van der Waals surface area contributed by atoms with Crippen LogP contribution >= 0.6 is 0 Å². The zero-order valence-corrected chi connectivity index (χ0v) is 7.29. The van der Waals surface area contributed by atoms with E-state index in [0.29, 0.717) is 12.7 Å². The molecule has 3 atom stereocenters. The van der Waals surface area contributed by atoms with Crippen LogP contribution in [0.1, 0.15) is 54.5 Å². The van der Waals surface area contributed by atoms with E-state index in [-0.39, 0.29) is 18.8 Å². The van der Waals surface area contributed by atoms with E-state index in [1.807, 2.05) is 0 Å². The monoisotopic (exact) mass is 178 g/mol. The first-order valence-electron chi connectivity index (χ1n) is 7.24. The Balaban J connectivity index is 4.44. The summed E-state index contributed by atoms with van der Waals surface area (Å²) in [6, 6.07) is 0. The Morgan fingerprint density at radius 3 is 3.08 bits per heavy atom. The Bertz CT molecular complexity index is 268. The SMILES string of the molecule is [2H]C(C=O)C(C)CCCC(O)(C([2H])[2H])C([2H])([2H])[2H]. The fraction of sp³-hybridized carbons (Fsp3) is 0.900. The van der Waals surface area contributed by atoms with Crippen LogP contribution in [0, 0.1) is 5.92 Å². The molecule has 0 aliphatic rings. The molecule has 0 amide bonds. The maximum atomic E-state index is 10.4. The molecule has 72 valence electrons. The van der Waals surface area contributed by atoms with Crippen LogP contribution in [-0.4, -0.2) is 17.0 Å². The number of carbonyl (C=O) groups excluding carboxylic acids is 1. The fourth-order valence-electron chi connectivity index (χ4n) is 0.924. The second-order valence-corrected chi connectivity index (χ2v) is 3.12. The average Bonchev–Trinajstić information content (AvgIpc) is 2.25. The second kappa shape index (κ2) is 5.31. The number of aldehydes is 1. The molecule has 1 N–H and O–H groups in total. The van der Waals surface area contributed by atoms with Crippen molar-refractivity contribution in [3.63, 3.8) is 0 Å². The molecule has 0 rings (SSSR count). The summed E-state index contributed by atoms with van der Waals surface area (Å²) in [6.45, 7) is -2.95. The van der Waals surface area contributed by atoms with Crippen molar-refractivity contribution in [3.8, 4) is 0 Å². The van der Waals surface area contributed by atoms with Crippen molar-refractivity contribution in [2.75, 3.05) is 0 Å². The Hall–Kier alpha value is -0.370. The highest BCUT2D eigenvalue weighted by atomic mass is 16.3. The largest absolute Gasteiger partial charge is 0.390 e. The first-order chi connectivity index (χ1) is 8.06. The van der Waals surface area contributed by atoms with E-state index in [1.165, 1.54) is 0 Å². The van der Waals surface area contributed by atoms with E-state index in [0.717, 1.165) is 0 Å². The van der Waals surface area contributed by atoms with E-state index in [2.05, 4.69) is 0 Å². The Kier molecular flexibility index (Phi) is 2.10. The predicted molar refractivity (Wildman–Crippen MR) is 50.0 cm³/mol. The quantitative estimate of drug-likeness (QED) is 0.633. The molecular formula is C10H20O2. The summed E-state index contributed by atoms with van der Waals surface area (Å²) in [5.74, 6) is -0.238. The molecule has 0 aromatic heterocycles. The van der Waals surface area contributed by atoms with Gasteiger partial charge in [0.15, 0.2) is 0 Å².